The van der Waals surface area contributed by atoms with Gasteiger partial charge in [0.1, 0.15) is 0 Å². The number of thiazole rings is 1. The van der Waals surface area contributed by atoms with Gasteiger partial charge in [-0.25, -0.2) is 4.98 Å². The molecule has 0 spiro atoms. The Balaban J connectivity index is 2.03. The maximum atomic E-state index is 12.8. The van der Waals surface area contributed by atoms with E-state index in [4.69, 9.17) is 0 Å². The van der Waals surface area contributed by atoms with Crippen LogP contribution in [0.2, 0.25) is 0 Å². The minimum atomic E-state index is -4.40. The van der Waals surface area contributed by atoms with Crippen LogP contribution in [-0.4, -0.2) is 21.8 Å². The maximum Gasteiger partial charge on any atom is 0.416 e. The van der Waals surface area contributed by atoms with Crippen molar-refractivity contribution in [1.29, 1.82) is 0 Å². The van der Waals surface area contributed by atoms with Gasteiger partial charge >= 0.3 is 6.18 Å². The second kappa shape index (κ2) is 6.51. The van der Waals surface area contributed by atoms with Gasteiger partial charge in [-0.2, -0.15) is 13.2 Å². The quantitative estimate of drug-likeness (QED) is 0.740. The molecular formula is C17H16F3N3OS. The first-order valence-electron chi connectivity index (χ1n) is 7.68. The van der Waals surface area contributed by atoms with Crippen molar-refractivity contribution in [1.82, 2.24) is 14.7 Å². The molecule has 2 heterocycles. The van der Waals surface area contributed by atoms with Gasteiger partial charge in [0.25, 0.3) is 5.91 Å². The zero-order valence-electron chi connectivity index (χ0n) is 13.6. The van der Waals surface area contributed by atoms with Crippen molar-refractivity contribution in [3.8, 4) is 11.3 Å². The summed E-state index contributed by atoms with van der Waals surface area (Å²) in [6, 6.07) is 4.75. The van der Waals surface area contributed by atoms with Crippen LogP contribution in [0.15, 0.2) is 35.8 Å². The van der Waals surface area contributed by atoms with Gasteiger partial charge in [-0.15, -0.1) is 11.3 Å². The van der Waals surface area contributed by atoms with Crippen LogP contribution in [-0.2, 0) is 6.18 Å². The molecule has 2 aromatic heterocycles. The standard InChI is InChI=1S/C17H16F3N3OS/c1-10(2)9-21-15(24)13-14(23-7-8-25-16(23)22-13)11-3-5-12(6-4-11)17(18,19)20/h3-8,10H,9H2,1-2H3,(H,21,24). The number of benzene rings is 1. The summed E-state index contributed by atoms with van der Waals surface area (Å²) in [5.41, 5.74) is 0.486. The van der Waals surface area contributed by atoms with E-state index in [2.05, 4.69) is 10.3 Å². The van der Waals surface area contributed by atoms with Crippen LogP contribution < -0.4 is 5.32 Å². The van der Waals surface area contributed by atoms with Crippen molar-refractivity contribution in [3.05, 3.63) is 47.1 Å². The SMILES string of the molecule is CC(C)CNC(=O)c1nc2sccn2c1-c1ccc(C(F)(F)F)cc1. The Kier molecular flexibility index (Phi) is 4.55. The highest BCUT2D eigenvalue weighted by molar-refractivity contribution is 7.15. The van der Waals surface area contributed by atoms with E-state index in [1.165, 1.54) is 23.5 Å². The van der Waals surface area contributed by atoms with Gasteiger partial charge in [0.05, 0.1) is 11.3 Å². The van der Waals surface area contributed by atoms with E-state index in [0.717, 1.165) is 12.1 Å². The van der Waals surface area contributed by atoms with Crippen molar-refractivity contribution in [3.63, 3.8) is 0 Å². The van der Waals surface area contributed by atoms with E-state index in [9.17, 15) is 18.0 Å². The third kappa shape index (κ3) is 3.53. The van der Waals surface area contributed by atoms with Gasteiger partial charge in [-0.1, -0.05) is 26.0 Å². The van der Waals surface area contributed by atoms with Crippen LogP contribution >= 0.6 is 11.3 Å². The Morgan fingerprint density at radius 1 is 1.28 bits per heavy atom. The number of nitrogens with one attached hydrogen (secondary N) is 1. The number of carbonyl (C=O) groups is 1. The molecule has 25 heavy (non-hydrogen) atoms. The molecule has 1 amide bonds. The van der Waals surface area contributed by atoms with Crippen LogP contribution in [0.4, 0.5) is 13.2 Å². The van der Waals surface area contributed by atoms with Crippen molar-refractivity contribution < 1.29 is 18.0 Å². The number of halogens is 3. The highest BCUT2D eigenvalue weighted by Gasteiger charge is 2.30. The summed E-state index contributed by atoms with van der Waals surface area (Å²) in [5.74, 6) is -0.0540. The Bertz CT molecular complexity index is 894. The molecule has 1 aromatic carbocycles. The molecule has 3 aromatic rings. The minimum Gasteiger partial charge on any atom is -0.350 e. The van der Waals surface area contributed by atoms with Crippen LogP contribution in [0.1, 0.15) is 29.9 Å². The number of hydrogen-bond acceptors (Lipinski definition) is 3. The fourth-order valence-corrected chi connectivity index (χ4v) is 3.13. The Hall–Kier alpha value is -2.35. The van der Waals surface area contributed by atoms with Crippen molar-refractivity contribution >= 4 is 22.2 Å². The minimum absolute atomic E-state index is 0.215. The molecule has 0 unspecified atom stereocenters. The normalized spacial score (nSPS) is 12.1. The summed E-state index contributed by atoms with van der Waals surface area (Å²) in [6.07, 6.45) is -2.65. The van der Waals surface area contributed by atoms with Gasteiger partial charge < -0.3 is 5.32 Å². The van der Waals surface area contributed by atoms with Gasteiger partial charge in [0, 0.05) is 23.7 Å². The zero-order chi connectivity index (χ0) is 18.2. The molecular weight excluding hydrogens is 351 g/mol. The maximum absolute atomic E-state index is 12.8. The number of alkyl halides is 3. The monoisotopic (exact) mass is 367 g/mol. The van der Waals surface area contributed by atoms with E-state index < -0.39 is 11.7 Å². The van der Waals surface area contributed by atoms with Gasteiger partial charge in [0.2, 0.25) is 0 Å². The molecule has 8 heteroatoms. The van der Waals surface area contributed by atoms with E-state index in [-0.39, 0.29) is 17.5 Å². The van der Waals surface area contributed by atoms with Crippen LogP contribution in [0.25, 0.3) is 16.2 Å². The average molecular weight is 367 g/mol. The number of amides is 1. The molecule has 0 atom stereocenters. The second-order valence-corrected chi connectivity index (χ2v) is 6.92. The molecule has 0 saturated carbocycles. The molecule has 4 nitrogen and oxygen atoms in total. The van der Waals surface area contributed by atoms with Gasteiger partial charge in [-0.3, -0.25) is 9.20 Å². The topological polar surface area (TPSA) is 46.4 Å². The van der Waals surface area contributed by atoms with E-state index >= 15 is 0 Å². The Morgan fingerprint density at radius 2 is 1.96 bits per heavy atom. The molecule has 0 saturated heterocycles. The lowest BCUT2D eigenvalue weighted by Gasteiger charge is -2.10. The first-order valence-corrected chi connectivity index (χ1v) is 8.56. The highest BCUT2D eigenvalue weighted by atomic mass is 32.1. The van der Waals surface area contributed by atoms with Crippen LogP contribution in [0.3, 0.4) is 0 Å². The zero-order valence-corrected chi connectivity index (χ0v) is 14.4. The molecule has 0 aliphatic rings. The molecule has 132 valence electrons. The first-order chi connectivity index (χ1) is 11.8. The van der Waals surface area contributed by atoms with Crippen molar-refractivity contribution in [2.75, 3.05) is 6.54 Å². The number of aromatic nitrogens is 2. The molecule has 3 rings (SSSR count). The fourth-order valence-electron chi connectivity index (χ4n) is 2.42. The Labute approximate surface area is 146 Å². The van der Waals surface area contributed by atoms with E-state index in [1.807, 2.05) is 19.2 Å². The van der Waals surface area contributed by atoms with E-state index in [1.54, 1.807) is 10.6 Å². The number of fused-ring (bicyclic) bond motifs is 1. The van der Waals surface area contributed by atoms with Gasteiger partial charge in [-0.05, 0) is 18.1 Å². The first kappa shape index (κ1) is 17.5. The smallest absolute Gasteiger partial charge is 0.350 e. The number of hydrogen-bond donors (Lipinski definition) is 1. The predicted molar refractivity (Wildman–Crippen MR) is 90.7 cm³/mol. The van der Waals surface area contributed by atoms with Gasteiger partial charge in [0.15, 0.2) is 10.7 Å². The third-order valence-corrected chi connectivity index (χ3v) is 4.39. The van der Waals surface area contributed by atoms with E-state index in [0.29, 0.717) is 22.8 Å². The van der Waals surface area contributed by atoms with Crippen molar-refractivity contribution in [2.24, 2.45) is 5.92 Å². The number of imidazole rings is 1. The lowest BCUT2D eigenvalue weighted by atomic mass is 10.1. The fraction of sp³-hybridized carbons (Fsp3) is 0.294. The summed E-state index contributed by atoms with van der Waals surface area (Å²) in [6.45, 7) is 4.45. The average Bonchev–Trinajstić information content (AvgIpc) is 3.12. The second-order valence-electron chi connectivity index (χ2n) is 6.04. The van der Waals surface area contributed by atoms with Crippen LogP contribution in [0, 0.1) is 5.92 Å². The third-order valence-electron chi connectivity index (χ3n) is 3.63. The largest absolute Gasteiger partial charge is 0.416 e. The molecule has 0 bridgehead atoms. The summed E-state index contributed by atoms with van der Waals surface area (Å²) >= 11 is 1.36. The highest BCUT2D eigenvalue weighted by Crippen LogP contribution is 2.32. The molecule has 0 aliphatic heterocycles. The molecule has 0 fully saturated rings. The summed E-state index contributed by atoms with van der Waals surface area (Å²) < 4.78 is 40.0. The summed E-state index contributed by atoms with van der Waals surface area (Å²) in [5, 5.41) is 4.62. The molecule has 0 aliphatic carbocycles. The molecule has 0 radical (unpaired) electrons. The predicted octanol–water partition coefficient (Wildman–Crippen LogP) is 4.47. The lowest BCUT2D eigenvalue weighted by molar-refractivity contribution is -0.137. The van der Waals surface area contributed by atoms with Crippen LogP contribution in [0.5, 0.6) is 0 Å². The number of carbonyl (C=O) groups excluding carboxylic acids is 1. The molecule has 1 N–H and O–H groups in total. The number of nitrogens with zero attached hydrogens (tertiary/aromatic N) is 2. The lowest BCUT2D eigenvalue weighted by Crippen LogP contribution is -2.28. The summed E-state index contributed by atoms with van der Waals surface area (Å²) in [7, 11) is 0. The summed E-state index contributed by atoms with van der Waals surface area (Å²) in [4.78, 5) is 17.4. The van der Waals surface area contributed by atoms with Crippen molar-refractivity contribution in [2.45, 2.75) is 20.0 Å². The Morgan fingerprint density at radius 3 is 2.56 bits per heavy atom. The number of rotatable bonds is 4.